The van der Waals surface area contributed by atoms with Gasteiger partial charge in [-0.25, -0.2) is 4.79 Å². The van der Waals surface area contributed by atoms with Crippen LogP contribution in [0.1, 0.15) is 19.4 Å². The molecule has 0 fully saturated rings. The predicted octanol–water partition coefficient (Wildman–Crippen LogP) is 5.61. The molecule has 1 heterocycles. The highest BCUT2D eigenvalue weighted by Crippen LogP contribution is 2.29. The second kappa shape index (κ2) is 10.1. The van der Waals surface area contributed by atoms with Gasteiger partial charge < -0.3 is 10.6 Å². The Kier molecular flexibility index (Phi) is 7.48. The molecule has 0 radical (unpaired) electrons. The van der Waals surface area contributed by atoms with E-state index in [1.807, 2.05) is 45.0 Å². The Morgan fingerprint density at radius 3 is 2.48 bits per heavy atom. The number of carbonyl (C=O) groups excluding carboxylic acids is 2. The van der Waals surface area contributed by atoms with E-state index in [9.17, 15) is 9.59 Å². The number of carbonyl (C=O) groups is 2. The molecule has 2 aromatic carbocycles. The number of halogens is 2. The maximum absolute atomic E-state index is 12.8. The molecule has 0 saturated carbocycles. The van der Waals surface area contributed by atoms with Crippen LogP contribution in [0.2, 0.25) is 10.0 Å². The highest BCUT2D eigenvalue weighted by atomic mass is 35.5. The zero-order valence-corrected chi connectivity index (χ0v) is 19.4. The number of nitrogens with zero attached hydrogens (tertiary/aromatic N) is 2. The average molecular weight is 478 g/mol. The Bertz CT molecular complexity index is 1100. The van der Waals surface area contributed by atoms with E-state index in [4.69, 9.17) is 23.2 Å². The molecule has 3 N–H and O–H groups in total. The van der Waals surface area contributed by atoms with Crippen molar-refractivity contribution in [1.29, 1.82) is 0 Å². The molecular weight excluding hydrogens is 457 g/mol. The van der Waals surface area contributed by atoms with Crippen LogP contribution in [0.25, 0.3) is 10.6 Å². The molecule has 0 aliphatic carbocycles. The van der Waals surface area contributed by atoms with Crippen molar-refractivity contribution in [2.75, 3.05) is 10.6 Å². The Morgan fingerprint density at radius 2 is 1.77 bits per heavy atom. The van der Waals surface area contributed by atoms with E-state index in [1.54, 1.807) is 18.2 Å². The van der Waals surface area contributed by atoms with Gasteiger partial charge >= 0.3 is 6.03 Å². The summed E-state index contributed by atoms with van der Waals surface area (Å²) in [4.78, 5) is 25.2. The van der Waals surface area contributed by atoms with Gasteiger partial charge in [0.15, 0.2) is 0 Å². The van der Waals surface area contributed by atoms with E-state index in [2.05, 4.69) is 26.1 Å². The Labute approximate surface area is 194 Å². The molecule has 10 heteroatoms. The standard InChI is InChI=1S/C21H21Cl2N5O2S/c1-11(2)17(25-20(30)24-15-9-5-8-14(22)16(15)23)18(29)26-21-28-27-19(31-21)13-7-4-6-12(3)10-13/h4-11,17H,1-3H3,(H2,24,25,30)(H,26,28,29)/t17-/m0/s1. The third kappa shape index (κ3) is 5.94. The molecule has 162 valence electrons. The van der Waals surface area contributed by atoms with E-state index in [1.165, 1.54) is 11.3 Å². The normalized spacial score (nSPS) is 11.8. The van der Waals surface area contributed by atoms with Gasteiger partial charge in [0.2, 0.25) is 11.0 Å². The monoisotopic (exact) mass is 477 g/mol. The van der Waals surface area contributed by atoms with Gasteiger partial charge in [-0.2, -0.15) is 0 Å². The fraction of sp³-hybridized carbons (Fsp3) is 0.238. The first kappa shape index (κ1) is 23.0. The van der Waals surface area contributed by atoms with Gasteiger partial charge in [0, 0.05) is 5.56 Å². The molecule has 1 aromatic heterocycles. The van der Waals surface area contributed by atoms with E-state index in [0.717, 1.165) is 11.1 Å². The number of anilines is 2. The number of nitrogens with one attached hydrogen (secondary N) is 3. The van der Waals surface area contributed by atoms with Crippen molar-refractivity contribution < 1.29 is 9.59 Å². The van der Waals surface area contributed by atoms with Crippen molar-refractivity contribution in [1.82, 2.24) is 15.5 Å². The Morgan fingerprint density at radius 1 is 1.03 bits per heavy atom. The number of amides is 3. The highest BCUT2D eigenvalue weighted by molar-refractivity contribution is 7.18. The molecule has 0 saturated heterocycles. The van der Waals surface area contributed by atoms with Crippen LogP contribution in [0.3, 0.4) is 0 Å². The number of urea groups is 1. The van der Waals surface area contributed by atoms with Gasteiger partial charge in [0.05, 0.1) is 15.7 Å². The lowest BCUT2D eigenvalue weighted by atomic mass is 10.0. The molecule has 0 aliphatic heterocycles. The first-order valence-corrected chi connectivity index (χ1v) is 11.0. The number of benzene rings is 2. The Balaban J connectivity index is 1.67. The summed E-state index contributed by atoms with van der Waals surface area (Å²) < 4.78 is 0. The predicted molar refractivity (Wildman–Crippen MR) is 126 cm³/mol. The lowest BCUT2D eigenvalue weighted by Gasteiger charge is -2.21. The van der Waals surface area contributed by atoms with Crippen LogP contribution in [-0.2, 0) is 4.79 Å². The summed E-state index contributed by atoms with van der Waals surface area (Å²) in [5.74, 6) is -0.570. The van der Waals surface area contributed by atoms with Crippen LogP contribution < -0.4 is 16.0 Å². The largest absolute Gasteiger partial charge is 0.326 e. The van der Waals surface area contributed by atoms with Gasteiger partial charge in [-0.05, 0) is 31.0 Å². The molecule has 1 atom stereocenters. The lowest BCUT2D eigenvalue weighted by molar-refractivity contribution is -0.118. The number of aromatic nitrogens is 2. The second-order valence-corrected chi connectivity index (χ2v) is 8.96. The van der Waals surface area contributed by atoms with E-state index >= 15 is 0 Å². The fourth-order valence-corrected chi connectivity index (χ4v) is 3.88. The van der Waals surface area contributed by atoms with Gasteiger partial charge in [-0.1, -0.05) is 78.2 Å². The minimum atomic E-state index is -0.802. The number of aryl methyl sites for hydroxylation is 1. The fourth-order valence-electron chi connectivity index (χ4n) is 2.79. The van der Waals surface area contributed by atoms with Crippen LogP contribution in [0.4, 0.5) is 15.6 Å². The summed E-state index contributed by atoms with van der Waals surface area (Å²) in [6.45, 7) is 5.65. The first-order valence-electron chi connectivity index (χ1n) is 9.47. The Hall–Kier alpha value is -2.68. The van der Waals surface area contributed by atoms with Crippen LogP contribution in [-0.4, -0.2) is 28.2 Å². The SMILES string of the molecule is Cc1cccc(-c2nnc(NC(=O)[C@@H](NC(=O)Nc3cccc(Cl)c3Cl)C(C)C)s2)c1. The zero-order valence-electron chi connectivity index (χ0n) is 17.1. The van der Waals surface area contributed by atoms with Crippen molar-refractivity contribution in [3.63, 3.8) is 0 Å². The molecule has 0 spiro atoms. The molecular formula is C21H21Cl2N5O2S. The van der Waals surface area contributed by atoms with Gasteiger partial charge in [-0.15, -0.1) is 10.2 Å². The molecule has 0 bridgehead atoms. The van der Waals surface area contributed by atoms with Crippen molar-refractivity contribution in [3.05, 3.63) is 58.1 Å². The summed E-state index contributed by atoms with van der Waals surface area (Å²) in [5.41, 5.74) is 2.38. The third-order valence-corrected chi connectivity index (χ3v) is 6.06. The maximum Gasteiger partial charge on any atom is 0.319 e. The van der Waals surface area contributed by atoms with Gasteiger partial charge in [-0.3, -0.25) is 10.1 Å². The zero-order chi connectivity index (χ0) is 22.5. The van der Waals surface area contributed by atoms with Crippen LogP contribution in [0.15, 0.2) is 42.5 Å². The quantitative estimate of drug-likeness (QED) is 0.430. The molecule has 0 aliphatic rings. The molecule has 7 nitrogen and oxygen atoms in total. The maximum atomic E-state index is 12.8. The summed E-state index contributed by atoms with van der Waals surface area (Å²) in [7, 11) is 0. The molecule has 0 unspecified atom stereocenters. The van der Waals surface area contributed by atoms with Crippen molar-refractivity contribution in [2.45, 2.75) is 26.8 Å². The van der Waals surface area contributed by atoms with Crippen LogP contribution in [0.5, 0.6) is 0 Å². The third-order valence-electron chi connectivity index (χ3n) is 4.36. The highest BCUT2D eigenvalue weighted by Gasteiger charge is 2.25. The van der Waals surface area contributed by atoms with E-state index < -0.39 is 18.0 Å². The average Bonchev–Trinajstić information content (AvgIpc) is 3.18. The summed E-state index contributed by atoms with van der Waals surface area (Å²) in [6.07, 6.45) is 0. The van der Waals surface area contributed by atoms with Crippen molar-refractivity contribution in [2.24, 2.45) is 5.92 Å². The minimum Gasteiger partial charge on any atom is -0.326 e. The first-order chi connectivity index (χ1) is 14.7. The van der Waals surface area contributed by atoms with E-state index in [0.29, 0.717) is 20.8 Å². The number of hydrogen-bond acceptors (Lipinski definition) is 5. The topological polar surface area (TPSA) is 96.0 Å². The van der Waals surface area contributed by atoms with Crippen molar-refractivity contribution >= 4 is 57.3 Å². The lowest BCUT2D eigenvalue weighted by Crippen LogP contribution is -2.48. The van der Waals surface area contributed by atoms with Gasteiger partial charge in [0.25, 0.3) is 0 Å². The molecule has 3 amide bonds. The minimum absolute atomic E-state index is 0.176. The smallest absolute Gasteiger partial charge is 0.319 e. The van der Waals surface area contributed by atoms with Crippen LogP contribution >= 0.6 is 34.5 Å². The molecule has 3 rings (SSSR count). The summed E-state index contributed by atoms with van der Waals surface area (Å²) in [5, 5.41) is 17.8. The summed E-state index contributed by atoms with van der Waals surface area (Å²) in [6, 6.07) is 11.4. The van der Waals surface area contributed by atoms with E-state index in [-0.39, 0.29) is 10.9 Å². The second-order valence-electron chi connectivity index (χ2n) is 7.19. The van der Waals surface area contributed by atoms with Crippen LogP contribution in [0, 0.1) is 12.8 Å². The summed E-state index contributed by atoms with van der Waals surface area (Å²) >= 11 is 13.3. The van der Waals surface area contributed by atoms with Gasteiger partial charge in [0.1, 0.15) is 11.0 Å². The number of rotatable bonds is 6. The van der Waals surface area contributed by atoms with Crippen molar-refractivity contribution in [3.8, 4) is 10.6 Å². The molecule has 3 aromatic rings. The number of hydrogen-bond donors (Lipinski definition) is 3. The molecule has 31 heavy (non-hydrogen) atoms.